The molecule has 33 heavy (non-hydrogen) atoms. The van der Waals surface area contributed by atoms with Crippen molar-refractivity contribution in [3.63, 3.8) is 0 Å². The lowest BCUT2D eigenvalue weighted by Crippen LogP contribution is -2.55. The van der Waals surface area contributed by atoms with Gasteiger partial charge in [-0.1, -0.05) is 30.3 Å². The summed E-state index contributed by atoms with van der Waals surface area (Å²) in [4.78, 5) is 29.3. The van der Waals surface area contributed by atoms with Gasteiger partial charge in [-0.3, -0.25) is 14.5 Å². The van der Waals surface area contributed by atoms with Crippen LogP contribution in [0.2, 0.25) is 0 Å². The molecule has 0 unspecified atom stereocenters. The largest absolute Gasteiger partial charge is 0.485 e. The van der Waals surface area contributed by atoms with E-state index in [0.29, 0.717) is 37.7 Å². The topological polar surface area (TPSA) is 84.3 Å². The molecule has 0 saturated carbocycles. The molecule has 1 fully saturated rings. The molecule has 0 bridgehead atoms. The number of rotatable bonds is 5. The molecule has 0 aliphatic carbocycles. The Kier molecular flexibility index (Phi) is 5.92. The SMILES string of the molecule is C[C@@H](NC(=O)CN1CCN(C(=O)[C@@H]2COc3ccccc3O2)CC1)c1cc2ccccc2o1. The van der Waals surface area contributed by atoms with Crippen molar-refractivity contribution in [3.8, 4) is 11.5 Å². The van der Waals surface area contributed by atoms with E-state index in [1.54, 1.807) is 11.0 Å². The van der Waals surface area contributed by atoms with E-state index in [-0.39, 0.29) is 31.0 Å². The van der Waals surface area contributed by atoms with Gasteiger partial charge in [-0.2, -0.15) is 0 Å². The van der Waals surface area contributed by atoms with Crippen LogP contribution in [0.1, 0.15) is 18.7 Å². The fraction of sp³-hybridized carbons (Fsp3) is 0.360. The van der Waals surface area contributed by atoms with Crippen LogP contribution in [0.5, 0.6) is 11.5 Å². The number of piperazine rings is 1. The quantitative estimate of drug-likeness (QED) is 0.645. The summed E-state index contributed by atoms with van der Waals surface area (Å²) < 4.78 is 17.4. The van der Waals surface area contributed by atoms with E-state index in [1.807, 2.05) is 55.5 Å². The summed E-state index contributed by atoms with van der Waals surface area (Å²) in [5.41, 5.74) is 0.810. The van der Waals surface area contributed by atoms with Crippen molar-refractivity contribution >= 4 is 22.8 Å². The molecular weight excluding hydrogens is 422 g/mol. The predicted molar refractivity (Wildman–Crippen MR) is 122 cm³/mol. The number of hydrogen-bond acceptors (Lipinski definition) is 6. The van der Waals surface area contributed by atoms with Gasteiger partial charge in [0.05, 0.1) is 12.6 Å². The fourth-order valence-electron chi connectivity index (χ4n) is 4.25. The zero-order chi connectivity index (χ0) is 22.8. The number of fused-ring (bicyclic) bond motifs is 2. The van der Waals surface area contributed by atoms with Crippen LogP contribution in [0.15, 0.2) is 59.0 Å². The number of para-hydroxylation sites is 3. The number of amides is 2. The van der Waals surface area contributed by atoms with Gasteiger partial charge in [0, 0.05) is 31.6 Å². The lowest BCUT2D eigenvalue weighted by Gasteiger charge is -2.37. The van der Waals surface area contributed by atoms with Gasteiger partial charge in [0.1, 0.15) is 18.0 Å². The number of nitrogens with zero attached hydrogens (tertiary/aromatic N) is 2. The first kappa shape index (κ1) is 21.3. The third-order valence-corrected chi connectivity index (χ3v) is 6.08. The van der Waals surface area contributed by atoms with E-state index >= 15 is 0 Å². The highest BCUT2D eigenvalue weighted by atomic mass is 16.6. The average Bonchev–Trinajstić information content (AvgIpc) is 3.28. The van der Waals surface area contributed by atoms with Crippen LogP contribution in [-0.4, -0.2) is 67.0 Å². The van der Waals surface area contributed by atoms with Crippen LogP contribution in [0.4, 0.5) is 0 Å². The second kappa shape index (κ2) is 9.15. The van der Waals surface area contributed by atoms with Crippen molar-refractivity contribution in [1.29, 1.82) is 0 Å². The molecule has 8 nitrogen and oxygen atoms in total. The summed E-state index contributed by atoms with van der Waals surface area (Å²) in [5, 5.41) is 4.03. The van der Waals surface area contributed by atoms with E-state index in [1.165, 1.54) is 0 Å². The summed E-state index contributed by atoms with van der Waals surface area (Å²) >= 11 is 0. The van der Waals surface area contributed by atoms with Crippen molar-refractivity contribution in [2.45, 2.75) is 19.1 Å². The molecule has 2 aromatic carbocycles. The molecule has 2 amide bonds. The maximum atomic E-state index is 12.9. The summed E-state index contributed by atoms with van der Waals surface area (Å²) in [5.74, 6) is 1.84. The van der Waals surface area contributed by atoms with Gasteiger partial charge < -0.3 is 24.1 Å². The van der Waals surface area contributed by atoms with E-state index in [4.69, 9.17) is 13.9 Å². The lowest BCUT2D eigenvalue weighted by atomic mass is 10.2. The molecular formula is C25H27N3O5. The van der Waals surface area contributed by atoms with Crippen LogP contribution in [-0.2, 0) is 9.59 Å². The Balaban J connectivity index is 1.09. The summed E-state index contributed by atoms with van der Waals surface area (Å²) in [6.07, 6.45) is -0.639. The Hall–Kier alpha value is -3.52. The Morgan fingerprint density at radius 1 is 1.03 bits per heavy atom. The van der Waals surface area contributed by atoms with Gasteiger partial charge in [-0.05, 0) is 31.2 Å². The zero-order valence-electron chi connectivity index (χ0n) is 18.5. The van der Waals surface area contributed by atoms with Crippen molar-refractivity contribution in [2.75, 3.05) is 39.3 Å². The van der Waals surface area contributed by atoms with Gasteiger partial charge >= 0.3 is 0 Å². The summed E-state index contributed by atoms with van der Waals surface area (Å²) in [6.45, 7) is 4.75. The second-order valence-electron chi connectivity index (χ2n) is 8.44. The van der Waals surface area contributed by atoms with Crippen LogP contribution >= 0.6 is 0 Å². The molecule has 3 heterocycles. The maximum Gasteiger partial charge on any atom is 0.267 e. The molecule has 1 aromatic heterocycles. The molecule has 3 aromatic rings. The number of carbonyl (C=O) groups excluding carboxylic acids is 2. The molecule has 0 radical (unpaired) electrons. The average molecular weight is 450 g/mol. The van der Waals surface area contributed by atoms with E-state index in [9.17, 15) is 9.59 Å². The first-order valence-electron chi connectivity index (χ1n) is 11.2. The molecule has 172 valence electrons. The monoisotopic (exact) mass is 449 g/mol. The smallest absolute Gasteiger partial charge is 0.267 e. The maximum absolute atomic E-state index is 12.9. The standard InChI is InChI=1S/C25H27N3O5/c1-17(22-14-18-6-2-3-7-19(18)32-22)26-24(29)15-27-10-12-28(13-11-27)25(30)23-16-31-20-8-4-5-9-21(20)33-23/h2-9,14,17,23H,10-13,15-16H2,1H3,(H,26,29)/t17-,23+/m1/s1. The molecule has 1 N–H and O–H groups in total. The number of benzene rings is 2. The molecule has 0 spiro atoms. The van der Waals surface area contributed by atoms with Gasteiger partial charge in [0.15, 0.2) is 11.5 Å². The number of ether oxygens (including phenoxy) is 2. The lowest BCUT2D eigenvalue weighted by molar-refractivity contribution is -0.143. The molecule has 2 aliphatic heterocycles. The molecule has 1 saturated heterocycles. The Labute approximate surface area is 192 Å². The molecule has 2 atom stereocenters. The summed E-state index contributed by atoms with van der Waals surface area (Å²) in [7, 11) is 0. The van der Waals surface area contributed by atoms with Crippen LogP contribution in [0.25, 0.3) is 11.0 Å². The minimum Gasteiger partial charge on any atom is -0.485 e. The van der Waals surface area contributed by atoms with Gasteiger partial charge in [0.25, 0.3) is 5.91 Å². The van der Waals surface area contributed by atoms with Crippen molar-refractivity contribution in [2.24, 2.45) is 0 Å². The van der Waals surface area contributed by atoms with E-state index < -0.39 is 6.10 Å². The predicted octanol–water partition coefficient (Wildman–Crippen LogP) is 2.59. The second-order valence-corrected chi connectivity index (χ2v) is 8.44. The van der Waals surface area contributed by atoms with Crippen LogP contribution in [0, 0.1) is 0 Å². The van der Waals surface area contributed by atoms with Crippen LogP contribution in [0.3, 0.4) is 0 Å². The number of hydrogen-bond donors (Lipinski definition) is 1. The first-order valence-corrected chi connectivity index (χ1v) is 11.2. The highest BCUT2D eigenvalue weighted by Gasteiger charge is 2.33. The van der Waals surface area contributed by atoms with Gasteiger partial charge in [-0.25, -0.2) is 0 Å². The highest BCUT2D eigenvalue weighted by Crippen LogP contribution is 2.31. The van der Waals surface area contributed by atoms with Crippen LogP contribution < -0.4 is 14.8 Å². The van der Waals surface area contributed by atoms with Gasteiger partial charge in [0.2, 0.25) is 12.0 Å². The normalized spacial score (nSPS) is 19.3. The molecule has 8 heteroatoms. The number of nitrogens with one attached hydrogen (secondary N) is 1. The molecule has 5 rings (SSSR count). The van der Waals surface area contributed by atoms with Crippen molar-refractivity contribution in [3.05, 3.63) is 60.4 Å². The molecule has 2 aliphatic rings. The van der Waals surface area contributed by atoms with E-state index in [0.717, 1.165) is 16.7 Å². The third kappa shape index (κ3) is 4.66. The first-order chi connectivity index (χ1) is 16.1. The number of carbonyl (C=O) groups is 2. The highest BCUT2D eigenvalue weighted by molar-refractivity contribution is 5.82. The third-order valence-electron chi connectivity index (χ3n) is 6.08. The number of furan rings is 1. The van der Waals surface area contributed by atoms with Crippen molar-refractivity contribution < 1.29 is 23.5 Å². The Morgan fingerprint density at radius 3 is 2.55 bits per heavy atom. The zero-order valence-corrected chi connectivity index (χ0v) is 18.5. The van der Waals surface area contributed by atoms with Crippen molar-refractivity contribution in [1.82, 2.24) is 15.1 Å². The fourth-order valence-corrected chi connectivity index (χ4v) is 4.25. The summed E-state index contributed by atoms with van der Waals surface area (Å²) in [6, 6.07) is 16.9. The minimum atomic E-state index is -0.639. The van der Waals surface area contributed by atoms with E-state index in [2.05, 4.69) is 10.2 Å². The Morgan fingerprint density at radius 2 is 1.76 bits per heavy atom. The Bertz CT molecular complexity index is 1120. The van der Waals surface area contributed by atoms with Gasteiger partial charge in [-0.15, -0.1) is 0 Å². The minimum absolute atomic E-state index is 0.0663.